The molecule has 0 spiro atoms. The number of para-hydroxylation sites is 2. The topological polar surface area (TPSA) is 186 Å². The predicted molar refractivity (Wildman–Crippen MR) is 213 cm³/mol. The number of carbonyl (C=O) groups is 4. The number of thiazole rings is 1. The van der Waals surface area contributed by atoms with Gasteiger partial charge in [-0.05, 0) is 88.8 Å². The summed E-state index contributed by atoms with van der Waals surface area (Å²) in [4.78, 5) is 72.2. The summed E-state index contributed by atoms with van der Waals surface area (Å²) in [5.74, 6) is -3.95. The summed E-state index contributed by atoms with van der Waals surface area (Å²) in [7, 11) is -3.89. The minimum Gasteiger partial charge on any atom is -0.473 e. The number of thiophene rings is 1. The molecular formula is C40H44N6O7S3. The third-order valence-corrected chi connectivity index (χ3v) is 15.0. The number of ether oxygens (including phenoxy) is 1. The number of rotatable bonds is 8. The maximum Gasteiger partial charge on any atom is 0.263 e. The van der Waals surface area contributed by atoms with Gasteiger partial charge in [-0.1, -0.05) is 43.2 Å². The average molecular weight is 817 g/mol. The Hall–Kier alpha value is -4.54. The SMILES string of the molecule is Cc1nc(C)c(C(=O)N[C@@H]2CCCCC/C=C\C3C[C@@]3(C(=O)NS(=O)(=O)C3CC3)NC(=O)[C@@H]3C[C@@H](Oc4nc5ccccc5nc4-c4cccs4)CC3C2=O)s1. The van der Waals surface area contributed by atoms with Crippen molar-refractivity contribution in [1.82, 2.24) is 30.3 Å². The smallest absolute Gasteiger partial charge is 0.263 e. The van der Waals surface area contributed by atoms with Crippen LogP contribution in [0.3, 0.4) is 0 Å². The van der Waals surface area contributed by atoms with Crippen LogP contribution in [0.4, 0.5) is 0 Å². The number of ketones is 1. The molecule has 3 saturated carbocycles. The molecule has 1 aromatic carbocycles. The highest BCUT2D eigenvalue weighted by Gasteiger charge is 2.62. The molecule has 4 aliphatic rings. The molecule has 4 aromatic rings. The summed E-state index contributed by atoms with van der Waals surface area (Å²) in [6.07, 6.45) is 8.04. The number of carbonyl (C=O) groups excluding carboxylic acids is 4. The molecule has 3 aromatic heterocycles. The molecule has 13 nitrogen and oxygen atoms in total. The molecule has 4 heterocycles. The van der Waals surface area contributed by atoms with E-state index in [2.05, 4.69) is 20.3 Å². The second-order valence-electron chi connectivity index (χ2n) is 15.4. The minimum absolute atomic E-state index is 0.118. The number of hydrogen-bond acceptors (Lipinski definition) is 12. The van der Waals surface area contributed by atoms with Crippen LogP contribution in [0.5, 0.6) is 5.88 Å². The van der Waals surface area contributed by atoms with Crippen molar-refractivity contribution in [2.45, 2.75) is 101 Å². The molecule has 0 radical (unpaired) electrons. The van der Waals surface area contributed by atoms with Gasteiger partial charge in [-0.15, -0.1) is 22.7 Å². The molecule has 3 fully saturated rings. The quantitative estimate of drug-likeness (QED) is 0.190. The van der Waals surface area contributed by atoms with E-state index in [9.17, 15) is 27.6 Å². The highest BCUT2D eigenvalue weighted by molar-refractivity contribution is 7.91. The Kier molecular flexibility index (Phi) is 10.6. The summed E-state index contributed by atoms with van der Waals surface area (Å²) in [6.45, 7) is 3.58. The molecule has 8 rings (SSSR count). The van der Waals surface area contributed by atoms with E-state index in [1.807, 2.05) is 60.9 Å². The number of aryl methyl sites for hydroxylation is 2. The molecule has 16 heteroatoms. The second kappa shape index (κ2) is 15.4. The van der Waals surface area contributed by atoms with Crippen LogP contribution in [0.15, 0.2) is 53.9 Å². The maximum absolute atomic E-state index is 14.8. The van der Waals surface area contributed by atoms with Crippen molar-refractivity contribution in [1.29, 1.82) is 0 Å². The number of sulfonamides is 1. The van der Waals surface area contributed by atoms with Gasteiger partial charge in [-0.2, -0.15) is 0 Å². The first-order valence-electron chi connectivity index (χ1n) is 19.2. The summed E-state index contributed by atoms with van der Waals surface area (Å²) < 4.78 is 34.7. The first kappa shape index (κ1) is 38.3. The van der Waals surface area contributed by atoms with Gasteiger partial charge >= 0.3 is 0 Å². The van der Waals surface area contributed by atoms with Gasteiger partial charge in [0.2, 0.25) is 21.8 Å². The molecule has 6 atom stereocenters. The minimum atomic E-state index is -3.89. The van der Waals surface area contributed by atoms with E-state index in [4.69, 9.17) is 14.7 Å². The molecule has 1 aliphatic heterocycles. The van der Waals surface area contributed by atoms with Crippen LogP contribution in [-0.4, -0.2) is 69.8 Å². The first-order chi connectivity index (χ1) is 26.9. The summed E-state index contributed by atoms with van der Waals surface area (Å²) in [5.41, 5.74) is 0.968. The monoisotopic (exact) mass is 816 g/mol. The van der Waals surface area contributed by atoms with Gasteiger partial charge in [0.15, 0.2) is 5.78 Å². The van der Waals surface area contributed by atoms with Crippen LogP contribution in [0.2, 0.25) is 0 Å². The Morgan fingerprint density at radius 2 is 1.71 bits per heavy atom. The zero-order chi connectivity index (χ0) is 39.2. The predicted octanol–water partition coefficient (Wildman–Crippen LogP) is 5.58. The lowest BCUT2D eigenvalue weighted by atomic mass is 9.85. The number of nitrogens with zero attached hydrogens (tertiary/aromatic N) is 3. The Morgan fingerprint density at radius 1 is 0.946 bits per heavy atom. The van der Waals surface area contributed by atoms with Crippen molar-refractivity contribution in [3.05, 3.63) is 69.5 Å². The number of hydrogen-bond donors (Lipinski definition) is 3. The van der Waals surface area contributed by atoms with E-state index in [1.54, 1.807) is 6.92 Å². The summed E-state index contributed by atoms with van der Waals surface area (Å²) >= 11 is 2.75. The molecule has 2 unspecified atom stereocenters. The highest BCUT2D eigenvalue weighted by Crippen LogP contribution is 2.47. The molecule has 56 heavy (non-hydrogen) atoms. The third-order valence-electron chi connectivity index (χ3n) is 11.2. The van der Waals surface area contributed by atoms with Crippen molar-refractivity contribution >= 4 is 67.2 Å². The van der Waals surface area contributed by atoms with Crippen molar-refractivity contribution in [2.75, 3.05) is 0 Å². The molecule has 3 N–H and O–H groups in total. The lowest BCUT2D eigenvalue weighted by Crippen LogP contribution is -2.54. The van der Waals surface area contributed by atoms with Gasteiger partial charge in [0, 0.05) is 11.8 Å². The number of allylic oxidation sites excluding steroid dienone is 1. The highest BCUT2D eigenvalue weighted by atomic mass is 32.2. The molecule has 0 bridgehead atoms. The zero-order valence-corrected chi connectivity index (χ0v) is 33.6. The Labute approximate surface area is 333 Å². The number of benzene rings is 1. The van der Waals surface area contributed by atoms with Crippen LogP contribution in [-0.2, 0) is 24.4 Å². The number of fused-ring (bicyclic) bond motifs is 3. The van der Waals surface area contributed by atoms with Crippen LogP contribution < -0.4 is 20.1 Å². The fraction of sp³-hybridized carbons (Fsp3) is 0.475. The van der Waals surface area contributed by atoms with Gasteiger partial charge in [0.25, 0.3) is 11.8 Å². The number of aromatic nitrogens is 3. The number of nitrogens with one attached hydrogen (secondary N) is 3. The van der Waals surface area contributed by atoms with Crippen LogP contribution >= 0.6 is 22.7 Å². The van der Waals surface area contributed by atoms with Gasteiger partial charge in [0.1, 0.15) is 22.2 Å². The fourth-order valence-corrected chi connectivity index (χ4v) is 10.9. The third kappa shape index (κ3) is 7.87. The molecule has 0 saturated heterocycles. The summed E-state index contributed by atoms with van der Waals surface area (Å²) in [5, 5.41) is 8.00. The van der Waals surface area contributed by atoms with Gasteiger partial charge in [-0.3, -0.25) is 23.9 Å². The first-order valence-corrected chi connectivity index (χ1v) is 22.5. The van der Waals surface area contributed by atoms with Crippen molar-refractivity contribution in [2.24, 2.45) is 17.8 Å². The van der Waals surface area contributed by atoms with E-state index < -0.39 is 62.5 Å². The van der Waals surface area contributed by atoms with Gasteiger partial charge in [0.05, 0.1) is 43.8 Å². The van der Waals surface area contributed by atoms with E-state index >= 15 is 0 Å². The zero-order valence-electron chi connectivity index (χ0n) is 31.2. The maximum atomic E-state index is 14.8. The van der Waals surface area contributed by atoms with Gasteiger partial charge < -0.3 is 15.4 Å². The largest absolute Gasteiger partial charge is 0.473 e. The van der Waals surface area contributed by atoms with Crippen molar-refractivity contribution in [3.8, 4) is 16.5 Å². The lowest BCUT2D eigenvalue weighted by molar-refractivity contribution is -0.136. The Morgan fingerprint density at radius 3 is 2.43 bits per heavy atom. The molecule has 3 amide bonds. The van der Waals surface area contributed by atoms with Crippen molar-refractivity contribution < 1.29 is 32.3 Å². The van der Waals surface area contributed by atoms with Crippen LogP contribution in [0.25, 0.3) is 21.6 Å². The number of Topliss-reactive ketones (excluding diaryl/α,β-unsaturated/α-hetero) is 1. The molecular weight excluding hydrogens is 773 g/mol. The lowest BCUT2D eigenvalue weighted by Gasteiger charge is -2.26. The van der Waals surface area contributed by atoms with Crippen LogP contribution in [0, 0.1) is 31.6 Å². The van der Waals surface area contributed by atoms with E-state index in [0.29, 0.717) is 59.4 Å². The second-order valence-corrected chi connectivity index (χ2v) is 19.5. The van der Waals surface area contributed by atoms with E-state index in [-0.39, 0.29) is 36.8 Å². The van der Waals surface area contributed by atoms with E-state index in [0.717, 1.165) is 22.7 Å². The fourth-order valence-electron chi connectivity index (χ4n) is 8.02. The van der Waals surface area contributed by atoms with Crippen LogP contribution in [0.1, 0.15) is 84.6 Å². The average Bonchev–Trinajstić information content (AvgIpc) is 3.97. The van der Waals surface area contributed by atoms with Crippen molar-refractivity contribution in [3.63, 3.8) is 0 Å². The Bertz CT molecular complexity index is 2320. The molecule has 294 valence electrons. The summed E-state index contributed by atoms with van der Waals surface area (Å²) in [6, 6.07) is 10.4. The normalized spacial score (nSPS) is 27.6. The Balaban J connectivity index is 1.13. The molecule has 3 aliphatic carbocycles. The number of amides is 3. The van der Waals surface area contributed by atoms with Gasteiger partial charge in [-0.25, -0.2) is 23.4 Å². The van der Waals surface area contributed by atoms with E-state index in [1.165, 1.54) is 22.7 Å². The standard InChI is InChI=1S/C40H44N6O7S3/c1-22-35(55-23(2)41-22)37(49)43-31-14-7-5-3-4-6-11-24-21-40(24,39(50)46-56(51,52)26-16-17-26)45-36(48)28-20-25(19-27(28)34(31)47)53-38-33(32-15-10-18-54-32)42-29-12-8-9-13-30(29)44-38/h6,8-13,15,18,24-28,31H,3-5,7,14,16-17,19-21H2,1-2H3,(H,43,49)(H,45,48)(H,46,50)/b11-6-/t24?,25-,27?,28+,31+,40+/m0/s1.